The van der Waals surface area contributed by atoms with E-state index in [-0.39, 0.29) is 36.4 Å². The van der Waals surface area contributed by atoms with Gasteiger partial charge in [-0.15, -0.1) is 0 Å². The maximum atomic E-state index is 11.7. The van der Waals surface area contributed by atoms with Crippen LogP contribution in [0.15, 0.2) is 0 Å². The lowest BCUT2D eigenvalue weighted by Crippen LogP contribution is -2.20. The molecule has 0 rings (SSSR count). The van der Waals surface area contributed by atoms with Gasteiger partial charge >= 0.3 is 11.5 Å². The van der Waals surface area contributed by atoms with Crippen LogP contribution in [0.2, 0.25) is 0 Å². The first-order valence-electron chi connectivity index (χ1n) is 4.44. The topological polar surface area (TPSA) is 38.3 Å². The molecule has 0 amide bonds. The maximum Gasteiger partial charge on any atom is 0.441 e. The summed E-state index contributed by atoms with van der Waals surface area (Å²) in [5.74, 6) is -0.316. The highest BCUT2D eigenvalue weighted by atomic mass is 32.2. The molecule has 0 aliphatic heterocycles. The second-order valence-electron chi connectivity index (χ2n) is 2.72. The fourth-order valence-corrected chi connectivity index (χ4v) is 1.30. The Morgan fingerprint density at radius 3 is 2.60 bits per heavy atom. The van der Waals surface area contributed by atoms with E-state index in [4.69, 9.17) is 0 Å². The number of rotatable bonds is 7. The van der Waals surface area contributed by atoms with Crippen molar-refractivity contribution in [2.75, 3.05) is 26.0 Å². The Bertz CT molecular complexity index is 187. The number of esters is 1. The van der Waals surface area contributed by atoms with Crippen LogP contribution in [0.3, 0.4) is 0 Å². The maximum absolute atomic E-state index is 11.7. The van der Waals surface area contributed by atoms with Crippen molar-refractivity contribution in [3.63, 3.8) is 0 Å². The molecule has 0 aromatic rings. The lowest BCUT2D eigenvalue weighted by atomic mass is 10.3. The van der Waals surface area contributed by atoms with Gasteiger partial charge in [-0.25, -0.2) is 0 Å². The highest BCUT2D eigenvalue weighted by Crippen LogP contribution is 2.29. The van der Waals surface area contributed by atoms with E-state index in [9.17, 15) is 18.0 Å². The van der Waals surface area contributed by atoms with Gasteiger partial charge < -0.3 is 10.1 Å². The molecule has 0 radical (unpaired) electrons. The second-order valence-corrected chi connectivity index (χ2v) is 3.88. The van der Waals surface area contributed by atoms with E-state index in [1.807, 2.05) is 0 Å². The van der Waals surface area contributed by atoms with Crippen LogP contribution in [0, 0.1) is 0 Å². The molecule has 0 aliphatic rings. The minimum Gasteiger partial charge on any atom is -0.469 e. The molecular weight excluding hydrogens is 231 g/mol. The lowest BCUT2D eigenvalue weighted by Gasteiger charge is -2.06. The Kier molecular flexibility index (Phi) is 7.59. The molecule has 0 spiro atoms. The van der Waals surface area contributed by atoms with Gasteiger partial charge in [0, 0.05) is 18.7 Å². The van der Waals surface area contributed by atoms with Crippen molar-refractivity contribution in [1.29, 1.82) is 0 Å². The van der Waals surface area contributed by atoms with Crippen LogP contribution in [0.1, 0.15) is 12.8 Å². The van der Waals surface area contributed by atoms with E-state index >= 15 is 0 Å². The van der Waals surface area contributed by atoms with Crippen LogP contribution in [0.5, 0.6) is 0 Å². The van der Waals surface area contributed by atoms with Crippen LogP contribution in [-0.4, -0.2) is 37.4 Å². The summed E-state index contributed by atoms with van der Waals surface area (Å²) in [5, 5.41) is 2.81. The molecule has 0 saturated heterocycles. The third-order valence-corrected chi connectivity index (χ3v) is 2.24. The lowest BCUT2D eigenvalue weighted by molar-refractivity contribution is -0.140. The number of methoxy groups -OCH3 is 1. The Morgan fingerprint density at radius 2 is 2.07 bits per heavy atom. The number of halogens is 3. The van der Waals surface area contributed by atoms with Crippen molar-refractivity contribution in [2.24, 2.45) is 0 Å². The molecule has 1 N–H and O–H groups in total. The summed E-state index contributed by atoms with van der Waals surface area (Å²) in [4.78, 5) is 10.6. The molecule has 0 saturated carbocycles. The standard InChI is InChI=1S/C8H14F3NO2S/c1-14-7(13)3-2-4-12-5-6-15-8(9,10)11/h12H,2-6H2,1H3. The highest BCUT2D eigenvalue weighted by molar-refractivity contribution is 8.00. The van der Waals surface area contributed by atoms with Gasteiger partial charge in [-0.3, -0.25) is 4.79 Å². The van der Waals surface area contributed by atoms with Gasteiger partial charge in [0.2, 0.25) is 0 Å². The Hall–Kier alpha value is -0.430. The third kappa shape index (κ3) is 11.5. The molecular formula is C8H14F3NO2S. The molecule has 0 atom stereocenters. The number of carbonyl (C=O) groups is 1. The Balaban J connectivity index is 3.16. The number of carbonyl (C=O) groups excluding carboxylic acids is 1. The Morgan fingerprint density at radius 1 is 1.40 bits per heavy atom. The summed E-state index contributed by atoms with van der Waals surface area (Å²) < 4.78 is 39.4. The predicted octanol–water partition coefficient (Wildman–Crippen LogP) is 1.78. The number of ether oxygens (including phenoxy) is 1. The van der Waals surface area contributed by atoms with Gasteiger partial charge in [0.05, 0.1) is 7.11 Å². The quantitative estimate of drug-likeness (QED) is 0.548. The van der Waals surface area contributed by atoms with Gasteiger partial charge in [-0.05, 0) is 24.7 Å². The SMILES string of the molecule is COC(=O)CCCNCCSC(F)(F)F. The monoisotopic (exact) mass is 245 g/mol. The molecule has 7 heteroatoms. The zero-order valence-electron chi connectivity index (χ0n) is 8.39. The van der Waals surface area contributed by atoms with E-state index in [0.717, 1.165) is 0 Å². The normalized spacial score (nSPS) is 11.5. The zero-order chi connectivity index (χ0) is 11.7. The van der Waals surface area contributed by atoms with Gasteiger partial charge in [-0.2, -0.15) is 13.2 Å². The average molecular weight is 245 g/mol. The fraction of sp³-hybridized carbons (Fsp3) is 0.875. The molecule has 3 nitrogen and oxygen atoms in total. The molecule has 0 heterocycles. The predicted molar refractivity (Wildman–Crippen MR) is 52.6 cm³/mol. The smallest absolute Gasteiger partial charge is 0.441 e. The summed E-state index contributed by atoms with van der Waals surface area (Å²) >= 11 is -0.0517. The molecule has 0 unspecified atom stereocenters. The first-order chi connectivity index (χ1) is 6.95. The summed E-state index contributed by atoms with van der Waals surface area (Å²) in [6.07, 6.45) is 0.860. The van der Waals surface area contributed by atoms with Crippen LogP contribution >= 0.6 is 11.8 Å². The van der Waals surface area contributed by atoms with Crippen LogP contribution in [0.25, 0.3) is 0 Å². The summed E-state index contributed by atoms with van der Waals surface area (Å²) in [6.45, 7) is 0.804. The second kappa shape index (κ2) is 7.81. The molecule has 0 aliphatic carbocycles. The fourth-order valence-electron chi connectivity index (χ4n) is 0.824. The van der Waals surface area contributed by atoms with E-state index in [2.05, 4.69) is 10.1 Å². The van der Waals surface area contributed by atoms with Crippen LogP contribution in [-0.2, 0) is 9.53 Å². The summed E-state index contributed by atoms with van der Waals surface area (Å²) in [6, 6.07) is 0. The zero-order valence-corrected chi connectivity index (χ0v) is 9.21. The van der Waals surface area contributed by atoms with E-state index in [1.165, 1.54) is 7.11 Å². The number of thioether (sulfide) groups is 1. The van der Waals surface area contributed by atoms with Crippen molar-refractivity contribution in [1.82, 2.24) is 5.32 Å². The van der Waals surface area contributed by atoms with Crippen molar-refractivity contribution in [3.05, 3.63) is 0 Å². The van der Waals surface area contributed by atoms with Gasteiger partial charge in [0.25, 0.3) is 0 Å². The van der Waals surface area contributed by atoms with E-state index in [0.29, 0.717) is 13.0 Å². The van der Waals surface area contributed by atoms with Crippen molar-refractivity contribution >= 4 is 17.7 Å². The summed E-state index contributed by atoms with van der Waals surface area (Å²) in [5.41, 5.74) is -4.16. The van der Waals surface area contributed by atoms with Crippen molar-refractivity contribution in [2.45, 2.75) is 18.3 Å². The Labute approximate surface area is 90.7 Å². The third-order valence-electron chi connectivity index (χ3n) is 1.51. The molecule has 0 aromatic carbocycles. The number of hydrogen-bond acceptors (Lipinski definition) is 4. The number of nitrogens with one attached hydrogen (secondary N) is 1. The first kappa shape index (κ1) is 14.6. The van der Waals surface area contributed by atoms with E-state index < -0.39 is 5.51 Å². The number of hydrogen-bond donors (Lipinski definition) is 1. The highest BCUT2D eigenvalue weighted by Gasteiger charge is 2.27. The van der Waals surface area contributed by atoms with Crippen molar-refractivity contribution < 1.29 is 22.7 Å². The van der Waals surface area contributed by atoms with Crippen molar-refractivity contribution in [3.8, 4) is 0 Å². The average Bonchev–Trinajstić information content (AvgIpc) is 2.14. The molecule has 0 fully saturated rings. The number of alkyl halides is 3. The van der Waals surface area contributed by atoms with E-state index in [1.54, 1.807) is 0 Å². The minimum absolute atomic E-state index is 0.0122. The van der Waals surface area contributed by atoms with Gasteiger partial charge in [0.1, 0.15) is 0 Å². The van der Waals surface area contributed by atoms with Gasteiger partial charge in [-0.1, -0.05) is 0 Å². The summed E-state index contributed by atoms with van der Waals surface area (Å²) in [7, 11) is 1.30. The van der Waals surface area contributed by atoms with Crippen LogP contribution < -0.4 is 5.32 Å². The van der Waals surface area contributed by atoms with Crippen LogP contribution in [0.4, 0.5) is 13.2 Å². The van der Waals surface area contributed by atoms with Gasteiger partial charge in [0.15, 0.2) is 0 Å². The molecule has 0 bridgehead atoms. The molecule has 15 heavy (non-hydrogen) atoms. The molecule has 90 valence electrons. The largest absolute Gasteiger partial charge is 0.469 e. The first-order valence-corrected chi connectivity index (χ1v) is 5.42. The molecule has 0 aromatic heterocycles. The minimum atomic E-state index is -4.16.